The molecule has 0 amide bonds. The summed E-state index contributed by atoms with van der Waals surface area (Å²) in [7, 11) is 5.76. The molecule has 0 spiro atoms. The molecule has 6 heteroatoms. The summed E-state index contributed by atoms with van der Waals surface area (Å²) in [5, 5.41) is 3.41. The van der Waals surface area contributed by atoms with Gasteiger partial charge in [0, 0.05) is 12.4 Å². The van der Waals surface area contributed by atoms with E-state index in [0.29, 0.717) is 18.1 Å². The summed E-state index contributed by atoms with van der Waals surface area (Å²) in [5.41, 5.74) is 2.13. The standard InChI is InChI=1S/C17H18BN3O2/c1-2-23-15(22)12-10-19-16(20-11-12)21-17(8-3-9-17)13-4-6-14(18)7-5-13/h4-7,10-11H,2-3,8-9H2,1H3,(H,19,20,21). The third kappa shape index (κ3) is 3.21. The van der Waals surface area contributed by atoms with E-state index in [1.807, 2.05) is 24.3 Å². The van der Waals surface area contributed by atoms with Gasteiger partial charge in [0.1, 0.15) is 7.85 Å². The van der Waals surface area contributed by atoms with Crippen molar-refractivity contribution in [3.8, 4) is 0 Å². The van der Waals surface area contributed by atoms with Crippen LogP contribution in [0.15, 0.2) is 36.7 Å². The van der Waals surface area contributed by atoms with Crippen molar-refractivity contribution in [1.29, 1.82) is 0 Å². The highest BCUT2D eigenvalue weighted by atomic mass is 16.5. The van der Waals surface area contributed by atoms with Crippen LogP contribution in [0.5, 0.6) is 0 Å². The molecule has 5 nitrogen and oxygen atoms in total. The Balaban J connectivity index is 1.77. The molecule has 0 unspecified atom stereocenters. The van der Waals surface area contributed by atoms with Gasteiger partial charge in [0.05, 0.1) is 17.7 Å². The number of hydrogen-bond acceptors (Lipinski definition) is 5. The van der Waals surface area contributed by atoms with E-state index in [0.717, 1.165) is 24.7 Å². The van der Waals surface area contributed by atoms with E-state index in [-0.39, 0.29) is 5.54 Å². The van der Waals surface area contributed by atoms with Gasteiger partial charge in [-0.2, -0.15) is 0 Å². The Morgan fingerprint density at radius 3 is 2.43 bits per heavy atom. The van der Waals surface area contributed by atoms with Gasteiger partial charge in [-0.05, 0) is 31.7 Å². The van der Waals surface area contributed by atoms with E-state index in [9.17, 15) is 4.79 Å². The second-order valence-corrected chi connectivity index (χ2v) is 5.70. The first-order chi connectivity index (χ1) is 11.1. The summed E-state index contributed by atoms with van der Waals surface area (Å²) in [6, 6.07) is 7.88. The summed E-state index contributed by atoms with van der Waals surface area (Å²) >= 11 is 0. The zero-order chi connectivity index (χ0) is 16.3. The average molecular weight is 307 g/mol. The Kier molecular flexibility index (Phi) is 4.32. The largest absolute Gasteiger partial charge is 0.462 e. The molecule has 1 aliphatic carbocycles. The Morgan fingerprint density at radius 1 is 1.26 bits per heavy atom. The van der Waals surface area contributed by atoms with Crippen LogP contribution in [0.2, 0.25) is 0 Å². The number of rotatable bonds is 5. The van der Waals surface area contributed by atoms with Crippen molar-refractivity contribution in [3.05, 3.63) is 47.8 Å². The molecule has 1 heterocycles. The monoisotopic (exact) mass is 307 g/mol. The van der Waals surface area contributed by atoms with Crippen molar-refractivity contribution >= 4 is 25.2 Å². The Bertz CT molecular complexity index is 682. The lowest BCUT2D eigenvalue weighted by Gasteiger charge is -2.43. The molecule has 2 radical (unpaired) electrons. The van der Waals surface area contributed by atoms with Gasteiger partial charge in [-0.3, -0.25) is 0 Å². The minimum absolute atomic E-state index is 0.154. The van der Waals surface area contributed by atoms with Crippen LogP contribution < -0.4 is 10.8 Å². The molecule has 0 aliphatic heterocycles. The molecule has 1 aromatic heterocycles. The molecule has 1 fully saturated rings. The third-order valence-corrected chi connectivity index (χ3v) is 4.18. The molecule has 2 aromatic rings. The van der Waals surface area contributed by atoms with Crippen LogP contribution in [0.3, 0.4) is 0 Å². The maximum atomic E-state index is 11.6. The van der Waals surface area contributed by atoms with Crippen molar-refractivity contribution in [1.82, 2.24) is 9.97 Å². The van der Waals surface area contributed by atoms with Gasteiger partial charge in [-0.1, -0.05) is 29.7 Å². The van der Waals surface area contributed by atoms with E-state index < -0.39 is 5.97 Å². The maximum Gasteiger partial charge on any atom is 0.341 e. The summed E-state index contributed by atoms with van der Waals surface area (Å²) in [6.45, 7) is 2.10. The lowest BCUT2D eigenvalue weighted by Crippen LogP contribution is -2.42. The lowest BCUT2D eigenvalue weighted by atomic mass is 9.71. The van der Waals surface area contributed by atoms with Crippen LogP contribution in [0, 0.1) is 0 Å². The van der Waals surface area contributed by atoms with Gasteiger partial charge < -0.3 is 10.1 Å². The van der Waals surface area contributed by atoms with Crippen LogP contribution in [0.1, 0.15) is 42.1 Å². The average Bonchev–Trinajstić information content (AvgIpc) is 2.53. The Hall–Kier alpha value is -2.37. The molecule has 116 valence electrons. The Labute approximate surface area is 136 Å². The van der Waals surface area contributed by atoms with Crippen molar-refractivity contribution in [2.75, 3.05) is 11.9 Å². The smallest absolute Gasteiger partial charge is 0.341 e. The fourth-order valence-corrected chi connectivity index (χ4v) is 2.74. The Morgan fingerprint density at radius 2 is 1.91 bits per heavy atom. The zero-order valence-corrected chi connectivity index (χ0v) is 13.1. The predicted octanol–water partition coefficient (Wildman–Crippen LogP) is 1.94. The van der Waals surface area contributed by atoms with Gasteiger partial charge in [0.2, 0.25) is 5.95 Å². The molecule has 0 atom stereocenters. The van der Waals surface area contributed by atoms with Gasteiger partial charge in [0.15, 0.2) is 0 Å². The quantitative estimate of drug-likeness (QED) is 0.675. The van der Waals surface area contributed by atoms with Crippen LogP contribution >= 0.6 is 0 Å². The summed E-state index contributed by atoms with van der Waals surface area (Å²) < 4.78 is 4.93. The minimum atomic E-state index is -0.407. The van der Waals surface area contributed by atoms with Gasteiger partial charge in [-0.15, -0.1) is 0 Å². The normalized spacial score (nSPS) is 15.5. The fourth-order valence-electron chi connectivity index (χ4n) is 2.74. The van der Waals surface area contributed by atoms with Crippen molar-refractivity contribution in [3.63, 3.8) is 0 Å². The molecule has 0 saturated heterocycles. The van der Waals surface area contributed by atoms with Crippen LogP contribution in [0.25, 0.3) is 0 Å². The second-order valence-electron chi connectivity index (χ2n) is 5.70. The summed E-state index contributed by atoms with van der Waals surface area (Å²) in [4.78, 5) is 20.1. The summed E-state index contributed by atoms with van der Waals surface area (Å²) in [6.07, 6.45) is 6.16. The first kappa shape index (κ1) is 15.5. The molecule has 23 heavy (non-hydrogen) atoms. The first-order valence-electron chi connectivity index (χ1n) is 7.76. The fraction of sp³-hybridized carbons (Fsp3) is 0.353. The van der Waals surface area contributed by atoms with E-state index in [1.54, 1.807) is 6.92 Å². The zero-order valence-electron chi connectivity index (χ0n) is 13.1. The molecule has 0 bridgehead atoms. The highest BCUT2D eigenvalue weighted by Gasteiger charge is 2.39. The van der Waals surface area contributed by atoms with Crippen LogP contribution in [0.4, 0.5) is 5.95 Å². The van der Waals surface area contributed by atoms with Crippen LogP contribution in [-0.2, 0) is 10.3 Å². The number of esters is 1. The van der Waals surface area contributed by atoms with Crippen molar-refractivity contribution in [2.24, 2.45) is 0 Å². The second kappa shape index (κ2) is 6.40. The number of carbonyl (C=O) groups is 1. The topological polar surface area (TPSA) is 64.1 Å². The molecule has 1 aliphatic rings. The highest BCUT2D eigenvalue weighted by Crippen LogP contribution is 2.43. The van der Waals surface area contributed by atoms with E-state index in [2.05, 4.69) is 15.3 Å². The van der Waals surface area contributed by atoms with Gasteiger partial charge >= 0.3 is 5.97 Å². The predicted molar refractivity (Wildman–Crippen MR) is 89.0 cm³/mol. The van der Waals surface area contributed by atoms with E-state index >= 15 is 0 Å². The third-order valence-electron chi connectivity index (χ3n) is 4.18. The van der Waals surface area contributed by atoms with Gasteiger partial charge in [0.25, 0.3) is 0 Å². The first-order valence-corrected chi connectivity index (χ1v) is 7.76. The van der Waals surface area contributed by atoms with E-state index in [4.69, 9.17) is 12.6 Å². The number of aromatic nitrogens is 2. The van der Waals surface area contributed by atoms with Gasteiger partial charge in [-0.25, -0.2) is 14.8 Å². The SMILES string of the molecule is [B]c1ccc(C2(Nc3ncc(C(=O)OCC)cn3)CCC2)cc1. The molecule has 1 N–H and O–H groups in total. The number of nitrogens with one attached hydrogen (secondary N) is 1. The summed E-state index contributed by atoms with van der Waals surface area (Å²) in [5.74, 6) is 0.102. The number of nitrogens with zero attached hydrogens (tertiary/aromatic N) is 2. The molecule has 1 saturated carbocycles. The van der Waals surface area contributed by atoms with Crippen molar-refractivity contribution in [2.45, 2.75) is 31.7 Å². The number of ether oxygens (including phenoxy) is 1. The van der Waals surface area contributed by atoms with E-state index in [1.165, 1.54) is 18.0 Å². The van der Waals surface area contributed by atoms with Crippen molar-refractivity contribution < 1.29 is 9.53 Å². The highest BCUT2D eigenvalue weighted by molar-refractivity contribution is 6.32. The molecule has 3 rings (SSSR count). The number of carbonyl (C=O) groups excluding carboxylic acids is 1. The number of benzene rings is 1. The number of anilines is 1. The molecule has 1 aromatic carbocycles. The molecular weight excluding hydrogens is 289 g/mol. The molecular formula is C17H18BN3O2. The number of hydrogen-bond donors (Lipinski definition) is 1. The lowest BCUT2D eigenvalue weighted by molar-refractivity contribution is 0.0525. The maximum absolute atomic E-state index is 11.6. The minimum Gasteiger partial charge on any atom is -0.462 e. The van der Waals surface area contributed by atoms with Crippen LogP contribution in [-0.4, -0.2) is 30.4 Å².